The maximum absolute atomic E-state index is 5.00. The molecule has 0 fully saturated rings. The van der Waals surface area contributed by atoms with E-state index in [-0.39, 0.29) is 10.8 Å². The van der Waals surface area contributed by atoms with Crippen molar-refractivity contribution < 1.29 is 0 Å². The fourth-order valence-corrected chi connectivity index (χ4v) is 6.61. The summed E-state index contributed by atoms with van der Waals surface area (Å²) in [5.74, 6) is 0. The van der Waals surface area contributed by atoms with Crippen molar-refractivity contribution in [2.75, 3.05) is 0 Å². The fraction of sp³-hybridized carbons (Fsp3) is 0.182. The summed E-state index contributed by atoms with van der Waals surface area (Å²) < 4.78 is 0. The van der Waals surface area contributed by atoms with Crippen molar-refractivity contribution in [2.45, 2.75) is 38.5 Å². The number of pyridine rings is 1. The first-order valence-electron chi connectivity index (χ1n) is 12.2. The van der Waals surface area contributed by atoms with Gasteiger partial charge in [-0.05, 0) is 67.4 Å². The van der Waals surface area contributed by atoms with E-state index in [1.165, 1.54) is 60.8 Å². The lowest BCUT2D eigenvalue weighted by atomic mass is 9.79. The molecule has 1 heterocycles. The van der Waals surface area contributed by atoms with Crippen LogP contribution in [-0.2, 0) is 10.8 Å². The lowest BCUT2D eigenvalue weighted by Crippen LogP contribution is -2.17. The third-order valence-corrected chi connectivity index (χ3v) is 8.30. The SMILES string of the molecule is CC1(C)c2ccccc2-c2cc(-c3nccc4c3C(C)(C)c3ccc5ccccc5c3-4)ccc21. The molecule has 164 valence electrons. The van der Waals surface area contributed by atoms with Gasteiger partial charge < -0.3 is 0 Å². The van der Waals surface area contributed by atoms with Crippen LogP contribution in [0.1, 0.15) is 49.9 Å². The molecule has 0 amide bonds. The zero-order valence-electron chi connectivity index (χ0n) is 20.1. The molecule has 2 aliphatic rings. The second kappa shape index (κ2) is 6.45. The van der Waals surface area contributed by atoms with Gasteiger partial charge in [-0.2, -0.15) is 0 Å². The van der Waals surface area contributed by atoms with Gasteiger partial charge in [0.15, 0.2) is 0 Å². The van der Waals surface area contributed by atoms with Crippen LogP contribution in [0, 0.1) is 0 Å². The molecule has 1 heteroatoms. The van der Waals surface area contributed by atoms with Gasteiger partial charge in [0.2, 0.25) is 0 Å². The molecule has 0 aliphatic heterocycles. The molecule has 0 saturated carbocycles. The van der Waals surface area contributed by atoms with Crippen molar-refractivity contribution >= 4 is 10.8 Å². The maximum atomic E-state index is 5.00. The first-order chi connectivity index (χ1) is 16.4. The van der Waals surface area contributed by atoms with E-state index in [4.69, 9.17) is 4.98 Å². The van der Waals surface area contributed by atoms with Gasteiger partial charge >= 0.3 is 0 Å². The minimum Gasteiger partial charge on any atom is -0.256 e. The Hall–Kier alpha value is -3.71. The summed E-state index contributed by atoms with van der Waals surface area (Å²) >= 11 is 0. The van der Waals surface area contributed by atoms with Crippen molar-refractivity contribution in [2.24, 2.45) is 0 Å². The molecule has 5 aromatic rings. The Labute approximate surface area is 201 Å². The Morgan fingerprint density at radius 2 is 1.32 bits per heavy atom. The summed E-state index contributed by atoms with van der Waals surface area (Å²) in [5.41, 5.74) is 13.1. The molecule has 0 atom stereocenters. The first-order valence-corrected chi connectivity index (χ1v) is 12.2. The number of aromatic nitrogens is 1. The second-order valence-electron chi connectivity index (χ2n) is 10.8. The Balaban J connectivity index is 1.50. The third-order valence-electron chi connectivity index (χ3n) is 8.30. The van der Waals surface area contributed by atoms with Gasteiger partial charge in [0, 0.05) is 22.6 Å². The average molecular weight is 438 g/mol. The highest BCUT2D eigenvalue weighted by molar-refractivity contribution is 6.03. The largest absolute Gasteiger partial charge is 0.256 e. The van der Waals surface area contributed by atoms with Crippen molar-refractivity contribution in [1.82, 2.24) is 4.98 Å². The Kier molecular flexibility index (Phi) is 3.74. The number of hydrogen-bond acceptors (Lipinski definition) is 1. The molecule has 34 heavy (non-hydrogen) atoms. The molecule has 4 aromatic carbocycles. The number of benzene rings is 4. The van der Waals surface area contributed by atoms with Gasteiger partial charge in [0.1, 0.15) is 0 Å². The zero-order chi connectivity index (χ0) is 23.2. The van der Waals surface area contributed by atoms with Crippen molar-refractivity contribution in [3.8, 4) is 33.5 Å². The molecule has 0 bridgehead atoms. The lowest BCUT2D eigenvalue weighted by molar-refractivity contribution is 0.658. The minimum atomic E-state index is -0.117. The molecule has 0 saturated heterocycles. The van der Waals surface area contributed by atoms with Crippen LogP contribution in [-0.4, -0.2) is 4.98 Å². The highest BCUT2D eigenvalue weighted by Gasteiger charge is 2.40. The maximum Gasteiger partial charge on any atom is 0.0749 e. The second-order valence-corrected chi connectivity index (χ2v) is 10.8. The minimum absolute atomic E-state index is 0.0188. The Morgan fingerprint density at radius 3 is 2.21 bits per heavy atom. The molecule has 1 nitrogen and oxygen atoms in total. The quantitative estimate of drug-likeness (QED) is 0.256. The summed E-state index contributed by atoms with van der Waals surface area (Å²) in [6, 6.07) is 31.4. The van der Waals surface area contributed by atoms with Crippen LogP contribution in [0.3, 0.4) is 0 Å². The van der Waals surface area contributed by atoms with Gasteiger partial charge in [0.25, 0.3) is 0 Å². The molecule has 0 unspecified atom stereocenters. The first kappa shape index (κ1) is 19.7. The summed E-state index contributed by atoms with van der Waals surface area (Å²) in [7, 11) is 0. The van der Waals surface area contributed by atoms with E-state index >= 15 is 0 Å². The molecular formula is C33H27N. The molecular weight excluding hydrogens is 410 g/mol. The zero-order valence-corrected chi connectivity index (χ0v) is 20.1. The van der Waals surface area contributed by atoms with E-state index in [1.54, 1.807) is 0 Å². The highest BCUT2D eigenvalue weighted by Crippen LogP contribution is 2.55. The van der Waals surface area contributed by atoms with Crippen molar-refractivity contribution in [3.05, 3.63) is 113 Å². The molecule has 2 aliphatic carbocycles. The summed E-state index contributed by atoms with van der Waals surface area (Å²) in [5, 5.41) is 2.62. The van der Waals surface area contributed by atoms with E-state index in [9.17, 15) is 0 Å². The van der Waals surface area contributed by atoms with E-state index in [0.29, 0.717) is 0 Å². The smallest absolute Gasteiger partial charge is 0.0749 e. The van der Waals surface area contributed by atoms with E-state index in [1.807, 2.05) is 6.20 Å². The predicted molar refractivity (Wildman–Crippen MR) is 142 cm³/mol. The van der Waals surface area contributed by atoms with Crippen LogP contribution >= 0.6 is 0 Å². The van der Waals surface area contributed by atoms with Gasteiger partial charge in [-0.15, -0.1) is 0 Å². The summed E-state index contributed by atoms with van der Waals surface area (Å²) in [6.45, 7) is 9.37. The van der Waals surface area contributed by atoms with Crippen LogP contribution in [0.2, 0.25) is 0 Å². The number of fused-ring (bicyclic) bond motifs is 8. The molecule has 1 aromatic heterocycles. The molecule has 0 spiro atoms. The van der Waals surface area contributed by atoms with Crippen molar-refractivity contribution in [1.29, 1.82) is 0 Å². The van der Waals surface area contributed by atoms with Gasteiger partial charge in [-0.3, -0.25) is 4.98 Å². The number of hydrogen-bond donors (Lipinski definition) is 0. The van der Waals surface area contributed by atoms with E-state index < -0.39 is 0 Å². The summed E-state index contributed by atoms with van der Waals surface area (Å²) in [4.78, 5) is 5.00. The van der Waals surface area contributed by atoms with Crippen LogP contribution in [0.4, 0.5) is 0 Å². The highest BCUT2D eigenvalue weighted by atomic mass is 14.7. The van der Waals surface area contributed by atoms with Crippen LogP contribution in [0.5, 0.6) is 0 Å². The van der Waals surface area contributed by atoms with E-state index in [2.05, 4.69) is 113 Å². The van der Waals surface area contributed by atoms with E-state index in [0.717, 1.165) is 5.69 Å². The number of nitrogens with zero attached hydrogens (tertiary/aromatic N) is 1. The van der Waals surface area contributed by atoms with Crippen LogP contribution in [0.25, 0.3) is 44.3 Å². The van der Waals surface area contributed by atoms with Gasteiger partial charge in [-0.1, -0.05) is 100 Å². The fourth-order valence-electron chi connectivity index (χ4n) is 6.61. The molecule has 7 rings (SSSR count). The summed E-state index contributed by atoms with van der Waals surface area (Å²) in [6.07, 6.45) is 1.99. The average Bonchev–Trinajstić information content (AvgIpc) is 3.24. The van der Waals surface area contributed by atoms with Crippen LogP contribution in [0.15, 0.2) is 91.1 Å². The topological polar surface area (TPSA) is 12.9 Å². The normalized spacial score (nSPS) is 16.1. The number of rotatable bonds is 1. The van der Waals surface area contributed by atoms with Crippen molar-refractivity contribution in [3.63, 3.8) is 0 Å². The Morgan fingerprint density at radius 1 is 0.588 bits per heavy atom. The van der Waals surface area contributed by atoms with Gasteiger partial charge in [-0.25, -0.2) is 0 Å². The Bertz CT molecular complexity index is 1650. The van der Waals surface area contributed by atoms with Crippen LogP contribution < -0.4 is 0 Å². The monoisotopic (exact) mass is 437 g/mol. The molecule has 0 radical (unpaired) electrons. The standard InChI is InChI=1S/C33H27N/c1-32(2)26-12-8-7-11-23(26)25-19-21(14-15-27(25)32)31-30-24(17-18-34-31)29-22-10-6-5-9-20(22)13-16-28(29)33(30,3)4/h5-19H,1-4H3. The lowest BCUT2D eigenvalue weighted by Gasteiger charge is -2.24. The van der Waals surface area contributed by atoms with Gasteiger partial charge in [0.05, 0.1) is 5.69 Å². The predicted octanol–water partition coefficient (Wildman–Crippen LogP) is 8.51. The third kappa shape index (κ3) is 2.37. The molecule has 0 N–H and O–H groups in total.